The van der Waals surface area contributed by atoms with Gasteiger partial charge in [0.2, 0.25) is 0 Å². The summed E-state index contributed by atoms with van der Waals surface area (Å²) >= 11 is 5.07. The lowest BCUT2D eigenvalue weighted by Crippen LogP contribution is -1.99. The van der Waals surface area contributed by atoms with Crippen LogP contribution in [0.5, 0.6) is 0 Å². The van der Waals surface area contributed by atoms with Crippen molar-refractivity contribution in [3.05, 3.63) is 55.7 Å². The predicted molar refractivity (Wildman–Crippen MR) is 72.0 cm³/mol. The Kier molecular flexibility index (Phi) is 3.47. The summed E-state index contributed by atoms with van der Waals surface area (Å²) in [6, 6.07) is 10.0. The molecule has 0 saturated heterocycles. The first-order valence-corrected chi connectivity index (χ1v) is 6.69. The Labute approximate surface area is 108 Å². The summed E-state index contributed by atoms with van der Waals surface area (Å²) in [6.45, 7) is 4.07. The maximum absolute atomic E-state index is 10.3. The predicted octanol–water partition coefficient (Wildman–Crippen LogP) is 4.21. The number of aliphatic hydroxyl groups is 1. The second kappa shape index (κ2) is 4.70. The van der Waals surface area contributed by atoms with Crippen LogP contribution in [0.2, 0.25) is 0 Å². The minimum absolute atomic E-state index is 0.517. The van der Waals surface area contributed by atoms with Gasteiger partial charge in [0.1, 0.15) is 6.10 Å². The van der Waals surface area contributed by atoms with E-state index in [4.69, 9.17) is 0 Å². The van der Waals surface area contributed by atoms with E-state index in [0.717, 1.165) is 20.5 Å². The molecular weight excluding hydrogens is 284 g/mol. The van der Waals surface area contributed by atoms with Crippen LogP contribution in [-0.2, 0) is 0 Å². The molecule has 0 aliphatic carbocycles. The van der Waals surface area contributed by atoms with Gasteiger partial charge >= 0.3 is 0 Å². The molecule has 1 aromatic carbocycles. The van der Waals surface area contributed by atoms with Gasteiger partial charge in [-0.25, -0.2) is 0 Å². The highest BCUT2D eigenvalue weighted by atomic mass is 79.9. The molecule has 0 bridgehead atoms. The van der Waals surface area contributed by atoms with Crippen molar-refractivity contribution >= 4 is 27.3 Å². The Morgan fingerprint density at radius 3 is 2.56 bits per heavy atom. The summed E-state index contributed by atoms with van der Waals surface area (Å²) in [5.74, 6) is 0. The standard InChI is InChI=1S/C13H13BrOS/c1-8-3-5-10(14)7-11(8)13(15)12-6-4-9(2)16-12/h3-7,13,15H,1-2H3. The second-order valence-corrected chi connectivity index (χ2v) is 6.09. The summed E-state index contributed by atoms with van der Waals surface area (Å²) < 4.78 is 1.00. The van der Waals surface area contributed by atoms with E-state index in [1.165, 1.54) is 4.88 Å². The van der Waals surface area contributed by atoms with Crippen LogP contribution in [0.4, 0.5) is 0 Å². The largest absolute Gasteiger partial charge is 0.383 e. The zero-order valence-corrected chi connectivity index (χ0v) is 11.6. The van der Waals surface area contributed by atoms with Crippen LogP contribution in [0.15, 0.2) is 34.8 Å². The summed E-state index contributed by atoms with van der Waals surface area (Å²) in [6.07, 6.45) is -0.517. The second-order valence-electron chi connectivity index (χ2n) is 3.85. The molecule has 3 heteroatoms. The summed E-state index contributed by atoms with van der Waals surface area (Å²) in [4.78, 5) is 2.22. The van der Waals surface area contributed by atoms with Crippen LogP contribution in [0.1, 0.15) is 27.0 Å². The van der Waals surface area contributed by atoms with Gasteiger partial charge in [-0.15, -0.1) is 11.3 Å². The van der Waals surface area contributed by atoms with Gasteiger partial charge in [0.05, 0.1) is 0 Å². The van der Waals surface area contributed by atoms with Crippen LogP contribution in [0, 0.1) is 13.8 Å². The minimum Gasteiger partial charge on any atom is -0.383 e. The van der Waals surface area contributed by atoms with E-state index < -0.39 is 6.10 Å². The smallest absolute Gasteiger partial charge is 0.113 e. The molecule has 0 saturated carbocycles. The van der Waals surface area contributed by atoms with Crippen molar-refractivity contribution in [1.29, 1.82) is 0 Å². The fraction of sp³-hybridized carbons (Fsp3) is 0.231. The Morgan fingerprint density at radius 2 is 1.94 bits per heavy atom. The first-order valence-electron chi connectivity index (χ1n) is 5.08. The van der Waals surface area contributed by atoms with Crippen LogP contribution < -0.4 is 0 Å². The van der Waals surface area contributed by atoms with Crippen LogP contribution >= 0.6 is 27.3 Å². The quantitative estimate of drug-likeness (QED) is 0.880. The molecule has 84 valence electrons. The van der Waals surface area contributed by atoms with Crippen molar-refractivity contribution in [2.75, 3.05) is 0 Å². The molecular formula is C13H13BrOS. The maximum atomic E-state index is 10.3. The van der Waals surface area contributed by atoms with Gasteiger partial charge < -0.3 is 5.11 Å². The zero-order valence-electron chi connectivity index (χ0n) is 9.20. The van der Waals surface area contributed by atoms with Gasteiger partial charge in [-0.2, -0.15) is 0 Å². The third kappa shape index (κ3) is 2.37. The van der Waals surface area contributed by atoms with E-state index in [0.29, 0.717) is 0 Å². The maximum Gasteiger partial charge on any atom is 0.113 e. The highest BCUT2D eigenvalue weighted by Crippen LogP contribution is 2.31. The Morgan fingerprint density at radius 1 is 1.19 bits per heavy atom. The molecule has 1 atom stereocenters. The molecule has 2 aromatic rings. The minimum atomic E-state index is -0.517. The average Bonchev–Trinajstić information content (AvgIpc) is 2.67. The van der Waals surface area contributed by atoms with Crippen molar-refractivity contribution in [3.63, 3.8) is 0 Å². The number of thiophene rings is 1. The van der Waals surface area contributed by atoms with Gasteiger partial charge in [0, 0.05) is 14.2 Å². The number of halogens is 1. The van der Waals surface area contributed by atoms with Gasteiger partial charge in [0.25, 0.3) is 0 Å². The Bertz CT molecular complexity index is 504. The number of benzene rings is 1. The first-order chi connectivity index (χ1) is 7.58. The number of hydrogen-bond donors (Lipinski definition) is 1. The number of aryl methyl sites for hydroxylation is 2. The zero-order chi connectivity index (χ0) is 11.7. The summed E-state index contributed by atoms with van der Waals surface area (Å²) in [7, 11) is 0. The molecule has 1 unspecified atom stereocenters. The van der Waals surface area contributed by atoms with Gasteiger partial charge in [-0.3, -0.25) is 0 Å². The molecule has 1 nitrogen and oxygen atoms in total. The van der Waals surface area contributed by atoms with Gasteiger partial charge in [-0.05, 0) is 49.2 Å². The van der Waals surface area contributed by atoms with Crippen molar-refractivity contribution in [3.8, 4) is 0 Å². The monoisotopic (exact) mass is 296 g/mol. The van der Waals surface area contributed by atoms with Crippen molar-refractivity contribution in [1.82, 2.24) is 0 Å². The summed E-state index contributed by atoms with van der Waals surface area (Å²) in [5.41, 5.74) is 2.08. The lowest BCUT2D eigenvalue weighted by Gasteiger charge is -2.12. The van der Waals surface area contributed by atoms with Gasteiger partial charge in [0.15, 0.2) is 0 Å². The molecule has 0 aliphatic heterocycles. The van der Waals surface area contributed by atoms with E-state index in [9.17, 15) is 5.11 Å². The highest BCUT2D eigenvalue weighted by molar-refractivity contribution is 9.10. The molecule has 0 aliphatic rings. The molecule has 1 N–H and O–H groups in total. The van der Waals surface area contributed by atoms with E-state index in [1.807, 2.05) is 37.3 Å². The molecule has 2 rings (SSSR count). The number of hydrogen-bond acceptors (Lipinski definition) is 2. The number of rotatable bonds is 2. The van der Waals surface area contributed by atoms with E-state index in [1.54, 1.807) is 11.3 Å². The van der Waals surface area contributed by atoms with E-state index in [-0.39, 0.29) is 0 Å². The topological polar surface area (TPSA) is 20.2 Å². The van der Waals surface area contributed by atoms with Gasteiger partial charge in [-0.1, -0.05) is 22.0 Å². The van der Waals surface area contributed by atoms with Crippen molar-refractivity contribution < 1.29 is 5.11 Å². The van der Waals surface area contributed by atoms with Crippen LogP contribution in [0.25, 0.3) is 0 Å². The Balaban J connectivity index is 2.40. The molecule has 0 spiro atoms. The third-order valence-electron chi connectivity index (χ3n) is 2.57. The average molecular weight is 297 g/mol. The molecule has 1 heterocycles. The molecule has 0 fully saturated rings. The number of aliphatic hydroxyl groups excluding tert-OH is 1. The van der Waals surface area contributed by atoms with Crippen molar-refractivity contribution in [2.24, 2.45) is 0 Å². The first kappa shape index (κ1) is 11.8. The lowest BCUT2D eigenvalue weighted by molar-refractivity contribution is 0.223. The molecule has 16 heavy (non-hydrogen) atoms. The van der Waals surface area contributed by atoms with Crippen molar-refractivity contribution in [2.45, 2.75) is 20.0 Å². The Hall–Kier alpha value is -0.640. The molecule has 0 amide bonds. The van der Waals surface area contributed by atoms with Crippen LogP contribution in [-0.4, -0.2) is 5.11 Å². The lowest BCUT2D eigenvalue weighted by atomic mass is 10.0. The van der Waals surface area contributed by atoms with E-state index >= 15 is 0 Å². The fourth-order valence-electron chi connectivity index (χ4n) is 1.66. The SMILES string of the molecule is Cc1ccc(C(O)c2cc(Br)ccc2C)s1. The van der Waals surface area contributed by atoms with E-state index in [2.05, 4.69) is 22.9 Å². The molecule has 1 aromatic heterocycles. The third-order valence-corrected chi connectivity index (χ3v) is 4.11. The fourth-order valence-corrected chi connectivity index (χ4v) is 2.92. The van der Waals surface area contributed by atoms with Crippen LogP contribution in [0.3, 0.4) is 0 Å². The normalized spacial score (nSPS) is 12.8. The highest BCUT2D eigenvalue weighted by Gasteiger charge is 2.14. The molecule has 0 radical (unpaired) electrons. The summed E-state index contributed by atoms with van der Waals surface area (Å²) in [5, 5.41) is 10.3.